The highest BCUT2D eigenvalue weighted by Crippen LogP contribution is 2.41. The van der Waals surface area contributed by atoms with Crippen LogP contribution in [0.3, 0.4) is 0 Å². The van der Waals surface area contributed by atoms with Crippen LogP contribution in [0.4, 0.5) is 26.3 Å². The lowest BCUT2D eigenvalue weighted by atomic mass is 10.4. The van der Waals surface area contributed by atoms with Crippen molar-refractivity contribution in [2.24, 2.45) is 0 Å². The van der Waals surface area contributed by atoms with Crippen molar-refractivity contribution in [3.05, 3.63) is 84.9 Å². The zero-order valence-electron chi connectivity index (χ0n) is 14.2. The molecule has 2 unspecified atom stereocenters. The van der Waals surface area contributed by atoms with Crippen molar-refractivity contribution >= 4 is 21.8 Å². The molecule has 8 heteroatoms. The summed E-state index contributed by atoms with van der Waals surface area (Å²) >= 11 is 0. The molecule has 28 heavy (non-hydrogen) atoms. The molecule has 0 aliphatic carbocycles. The summed E-state index contributed by atoms with van der Waals surface area (Å²) in [5.41, 5.74) is -9.07. The predicted molar refractivity (Wildman–Crippen MR) is 99.2 cm³/mol. The second kappa shape index (κ2) is 8.13. The minimum Gasteiger partial charge on any atom is -0.122 e. The molecule has 0 heterocycles. The van der Waals surface area contributed by atoms with Crippen molar-refractivity contribution in [3.8, 4) is 0 Å². The summed E-state index contributed by atoms with van der Waals surface area (Å²) in [4.78, 5) is 0.00346. The zero-order chi connectivity index (χ0) is 20.4. The van der Waals surface area contributed by atoms with Gasteiger partial charge in [-0.2, -0.15) is 0 Å². The van der Waals surface area contributed by atoms with Crippen molar-refractivity contribution in [2.75, 3.05) is 0 Å². The van der Waals surface area contributed by atoms with Crippen LogP contribution < -0.4 is 0 Å². The van der Waals surface area contributed by atoms with E-state index in [4.69, 9.17) is 0 Å². The van der Waals surface area contributed by atoms with Gasteiger partial charge in [0.15, 0.2) is 41.4 Å². The average molecular weight is 432 g/mol. The monoisotopic (exact) mass is 432 g/mol. The summed E-state index contributed by atoms with van der Waals surface area (Å²) in [6.07, 6.45) is 0. The molecule has 0 bridgehead atoms. The van der Waals surface area contributed by atoms with E-state index >= 15 is 0 Å². The number of halogens is 6. The molecule has 3 rings (SSSR count). The van der Waals surface area contributed by atoms with Crippen LogP contribution in [0.15, 0.2) is 105 Å². The van der Waals surface area contributed by atoms with Crippen LogP contribution in [-0.2, 0) is 21.8 Å². The van der Waals surface area contributed by atoms with Gasteiger partial charge in [0, 0.05) is 0 Å². The Balaban J connectivity index is 2.01. The molecule has 146 valence electrons. The van der Waals surface area contributed by atoms with Crippen LogP contribution in [-0.4, -0.2) is 11.0 Å². The molecule has 0 amide bonds. The fourth-order valence-corrected chi connectivity index (χ4v) is 5.92. The second-order valence-electron chi connectivity index (χ2n) is 5.60. The number of hydrogen-bond acceptors (Lipinski definition) is 0. The molecule has 3 aromatic carbocycles. The first-order valence-corrected chi connectivity index (χ1v) is 10.5. The smallest absolute Gasteiger partial charge is 0.122 e. The Labute approximate surface area is 163 Å². The second-order valence-corrected chi connectivity index (χ2v) is 9.64. The van der Waals surface area contributed by atoms with E-state index < -0.39 is 32.8 Å². The van der Waals surface area contributed by atoms with Gasteiger partial charge >= 0.3 is 11.0 Å². The van der Waals surface area contributed by atoms with Gasteiger partial charge in [-0.25, -0.2) is 0 Å². The Hall–Kier alpha value is -2.06. The molecule has 2 atom stereocenters. The summed E-state index contributed by atoms with van der Waals surface area (Å²) in [6.45, 7) is 0. The lowest BCUT2D eigenvalue weighted by molar-refractivity contribution is -0.0380. The molecule has 0 N–H and O–H groups in total. The van der Waals surface area contributed by atoms with E-state index in [2.05, 4.69) is 0 Å². The van der Waals surface area contributed by atoms with Crippen molar-refractivity contribution in [2.45, 2.75) is 30.6 Å². The summed E-state index contributed by atoms with van der Waals surface area (Å²) in [7, 11) is -4.47. The number of alkyl halides is 6. The van der Waals surface area contributed by atoms with E-state index in [0.29, 0.717) is 0 Å². The van der Waals surface area contributed by atoms with Gasteiger partial charge in [0.05, 0.1) is 0 Å². The van der Waals surface area contributed by atoms with Gasteiger partial charge in [-0.3, -0.25) is 0 Å². The summed E-state index contributed by atoms with van der Waals surface area (Å²) in [5, 5.41) is 0. The van der Waals surface area contributed by atoms with E-state index in [9.17, 15) is 26.3 Å². The Kier molecular flexibility index (Phi) is 6.00. The quantitative estimate of drug-likeness (QED) is 0.314. The first-order valence-electron chi connectivity index (χ1n) is 8.00. The van der Waals surface area contributed by atoms with Crippen molar-refractivity contribution in [3.63, 3.8) is 0 Å². The normalized spacial score (nSPS) is 14.5. The molecule has 0 nitrogen and oxygen atoms in total. The lowest BCUT2D eigenvalue weighted by Gasteiger charge is -2.12. The molecule has 0 aliphatic heterocycles. The molecule has 3 aromatic rings. The zero-order valence-corrected chi connectivity index (χ0v) is 15.8. The fourth-order valence-electron chi connectivity index (χ4n) is 2.63. The SMILES string of the molecule is FC(F)(F)[S+](c1ccccc1)c1ccc([S+](c2ccccc2)C(F)(F)F)cc1. The molecule has 0 fully saturated rings. The molecule has 0 aliphatic rings. The van der Waals surface area contributed by atoms with Crippen LogP contribution in [0.1, 0.15) is 0 Å². The molecule has 0 saturated heterocycles. The highest BCUT2D eigenvalue weighted by molar-refractivity contribution is 7.98. The first kappa shape index (κ1) is 20.7. The van der Waals surface area contributed by atoms with Gasteiger partial charge in [-0.1, -0.05) is 36.4 Å². The largest absolute Gasteiger partial charge is 0.586 e. The Morgan fingerprint density at radius 1 is 0.393 bits per heavy atom. The van der Waals surface area contributed by atoms with E-state index in [1.165, 1.54) is 48.5 Å². The lowest BCUT2D eigenvalue weighted by Crippen LogP contribution is -2.25. The molecular weight excluding hydrogens is 418 g/mol. The van der Waals surface area contributed by atoms with E-state index in [1.807, 2.05) is 0 Å². The van der Waals surface area contributed by atoms with Gasteiger partial charge in [-0.15, -0.1) is 26.3 Å². The van der Waals surface area contributed by atoms with Gasteiger partial charge in [0.1, 0.15) is 0 Å². The Morgan fingerprint density at radius 2 is 0.643 bits per heavy atom. The highest BCUT2D eigenvalue weighted by Gasteiger charge is 2.56. The Morgan fingerprint density at radius 3 is 0.893 bits per heavy atom. The Bertz CT molecular complexity index is 813. The van der Waals surface area contributed by atoms with Crippen LogP contribution in [0.2, 0.25) is 0 Å². The maximum atomic E-state index is 13.6. The van der Waals surface area contributed by atoms with Gasteiger partial charge in [-0.05, 0) is 48.5 Å². The standard InChI is InChI=1S/C20H14F6S2/c21-19(22,23)27(15-7-3-1-4-8-15)17-11-13-18(14-12-17)28(20(24,25)26)16-9-5-2-6-10-16/h1-14H/q+2. The van der Waals surface area contributed by atoms with Crippen LogP contribution in [0.25, 0.3) is 0 Å². The molecule has 0 aromatic heterocycles. The molecule has 0 spiro atoms. The third kappa shape index (κ3) is 4.67. The third-order valence-corrected chi connectivity index (χ3v) is 7.62. The van der Waals surface area contributed by atoms with Gasteiger partial charge in [0.25, 0.3) is 0 Å². The molecule has 0 radical (unpaired) electrons. The molecular formula is C20H14F6S2+2. The fraction of sp³-hybridized carbons (Fsp3) is 0.100. The van der Waals surface area contributed by atoms with Gasteiger partial charge < -0.3 is 0 Å². The van der Waals surface area contributed by atoms with Gasteiger partial charge in [0.2, 0.25) is 0 Å². The first-order chi connectivity index (χ1) is 13.2. The maximum absolute atomic E-state index is 13.6. The van der Waals surface area contributed by atoms with Crippen molar-refractivity contribution in [1.82, 2.24) is 0 Å². The third-order valence-electron chi connectivity index (χ3n) is 3.72. The summed E-state index contributed by atoms with van der Waals surface area (Å²) < 4.78 is 81.8. The predicted octanol–water partition coefficient (Wildman–Crippen LogP) is 6.80. The maximum Gasteiger partial charge on any atom is 0.586 e. The number of hydrogen-bond donors (Lipinski definition) is 0. The number of benzene rings is 3. The minimum absolute atomic E-state index is 0.0683. The van der Waals surface area contributed by atoms with Crippen molar-refractivity contribution in [1.29, 1.82) is 0 Å². The van der Waals surface area contributed by atoms with Crippen molar-refractivity contribution < 1.29 is 26.3 Å². The summed E-state index contributed by atoms with van der Waals surface area (Å²) in [5.74, 6) is 0. The van der Waals surface area contributed by atoms with Crippen LogP contribution in [0, 0.1) is 0 Å². The van der Waals surface area contributed by atoms with E-state index in [-0.39, 0.29) is 19.6 Å². The highest BCUT2D eigenvalue weighted by atomic mass is 32.2. The topological polar surface area (TPSA) is 0 Å². The van der Waals surface area contributed by atoms with Crippen LogP contribution in [0.5, 0.6) is 0 Å². The van der Waals surface area contributed by atoms with E-state index in [1.54, 1.807) is 12.1 Å². The number of rotatable bonds is 4. The van der Waals surface area contributed by atoms with Crippen LogP contribution >= 0.6 is 0 Å². The summed E-state index contributed by atoms with van der Waals surface area (Å²) in [6, 6.07) is 19.3. The molecule has 0 saturated carbocycles. The minimum atomic E-state index is -4.53. The van der Waals surface area contributed by atoms with E-state index in [0.717, 1.165) is 24.3 Å². The average Bonchev–Trinajstić information content (AvgIpc) is 2.63.